The zero-order valence-corrected chi connectivity index (χ0v) is 9.01. The summed E-state index contributed by atoms with van der Waals surface area (Å²) in [5.74, 6) is 1.63. The van der Waals surface area contributed by atoms with Crippen LogP contribution in [-0.2, 0) is 4.74 Å². The summed E-state index contributed by atoms with van der Waals surface area (Å²) in [5.41, 5.74) is 0. The summed E-state index contributed by atoms with van der Waals surface area (Å²) < 4.78 is 5.63. The van der Waals surface area contributed by atoms with Gasteiger partial charge in [-0.3, -0.25) is 0 Å². The molecule has 0 aromatic rings. The van der Waals surface area contributed by atoms with Gasteiger partial charge in [0.05, 0.1) is 0 Å². The molecule has 13 heavy (non-hydrogen) atoms. The van der Waals surface area contributed by atoms with E-state index < -0.39 is 0 Å². The molecule has 0 aromatic heterocycles. The first kappa shape index (κ1) is 11.0. The molecule has 78 valence electrons. The lowest BCUT2D eigenvalue weighted by Gasteiger charge is -2.26. The van der Waals surface area contributed by atoms with Crippen LogP contribution in [0.4, 0.5) is 0 Å². The number of ether oxygens (including phenoxy) is 1. The number of rotatable bonds is 7. The molecule has 1 unspecified atom stereocenters. The lowest BCUT2D eigenvalue weighted by atomic mass is 10.0. The average Bonchev–Trinajstić information content (AvgIpc) is 2.01. The Balaban J connectivity index is 1.82. The molecule has 0 amide bonds. The molecule has 0 aliphatic carbocycles. The Hall–Kier alpha value is -0.0800. The molecule has 2 heteroatoms. The maximum absolute atomic E-state index is 5.63. The van der Waals surface area contributed by atoms with Crippen LogP contribution in [0.3, 0.4) is 0 Å². The minimum atomic E-state index is 0.740. The van der Waals surface area contributed by atoms with E-state index in [0.29, 0.717) is 0 Å². The van der Waals surface area contributed by atoms with E-state index in [1.54, 1.807) is 0 Å². The smallest absolute Gasteiger partial charge is 0.0491 e. The van der Waals surface area contributed by atoms with E-state index in [0.717, 1.165) is 25.0 Å². The van der Waals surface area contributed by atoms with Gasteiger partial charge in [-0.2, -0.15) is 0 Å². The van der Waals surface area contributed by atoms with E-state index in [1.165, 1.54) is 32.4 Å². The Morgan fingerprint density at radius 1 is 1.46 bits per heavy atom. The lowest BCUT2D eigenvalue weighted by molar-refractivity contribution is 0.0845. The second-order valence-electron chi connectivity index (χ2n) is 4.28. The predicted molar refractivity (Wildman–Crippen MR) is 55.9 cm³/mol. The molecule has 0 aromatic carbocycles. The first-order chi connectivity index (χ1) is 6.33. The maximum Gasteiger partial charge on any atom is 0.0491 e. The normalized spacial score (nSPS) is 19.8. The first-order valence-electron chi connectivity index (χ1n) is 5.61. The summed E-state index contributed by atoms with van der Waals surface area (Å²) in [6.07, 6.45) is 3.81. The van der Waals surface area contributed by atoms with Gasteiger partial charge >= 0.3 is 0 Å². The summed E-state index contributed by atoms with van der Waals surface area (Å²) in [4.78, 5) is 0. The molecule has 0 saturated carbocycles. The number of hydrogen-bond acceptors (Lipinski definition) is 2. The largest absolute Gasteiger partial charge is 0.381 e. The third-order valence-corrected chi connectivity index (χ3v) is 2.72. The Morgan fingerprint density at radius 3 is 2.77 bits per heavy atom. The molecule has 1 saturated heterocycles. The van der Waals surface area contributed by atoms with Crippen LogP contribution in [-0.4, -0.2) is 26.3 Å². The van der Waals surface area contributed by atoms with E-state index in [1.807, 2.05) is 0 Å². The zero-order valence-electron chi connectivity index (χ0n) is 9.01. The van der Waals surface area contributed by atoms with Crippen LogP contribution < -0.4 is 5.32 Å². The Labute approximate surface area is 82.0 Å². The number of hydrogen-bond donors (Lipinski definition) is 1. The molecule has 0 bridgehead atoms. The Bertz CT molecular complexity index is 123. The van der Waals surface area contributed by atoms with Crippen LogP contribution in [0.2, 0.25) is 0 Å². The monoisotopic (exact) mass is 185 g/mol. The Kier molecular flexibility index (Phi) is 5.40. The fraction of sp³-hybridized carbons (Fsp3) is 1.00. The fourth-order valence-electron chi connectivity index (χ4n) is 1.66. The summed E-state index contributed by atoms with van der Waals surface area (Å²) >= 11 is 0. The molecule has 0 radical (unpaired) electrons. The SMILES string of the molecule is CCCC(C)COCCC1CNC1. The van der Waals surface area contributed by atoms with Crippen LogP contribution in [0.5, 0.6) is 0 Å². The van der Waals surface area contributed by atoms with Gasteiger partial charge in [0.15, 0.2) is 0 Å². The molecule has 1 aliphatic heterocycles. The van der Waals surface area contributed by atoms with E-state index >= 15 is 0 Å². The predicted octanol–water partition coefficient (Wildman–Crippen LogP) is 2.05. The van der Waals surface area contributed by atoms with Crippen molar-refractivity contribution in [2.45, 2.75) is 33.1 Å². The van der Waals surface area contributed by atoms with Gasteiger partial charge in [0.2, 0.25) is 0 Å². The zero-order chi connectivity index (χ0) is 9.52. The molecule has 1 N–H and O–H groups in total. The van der Waals surface area contributed by atoms with E-state index in [-0.39, 0.29) is 0 Å². The highest BCUT2D eigenvalue weighted by molar-refractivity contribution is 4.73. The van der Waals surface area contributed by atoms with Crippen molar-refractivity contribution in [3.8, 4) is 0 Å². The Morgan fingerprint density at radius 2 is 2.23 bits per heavy atom. The van der Waals surface area contributed by atoms with E-state index in [9.17, 15) is 0 Å². The standard InChI is InChI=1S/C11H23NO/c1-3-4-10(2)9-13-6-5-11-7-12-8-11/h10-12H,3-9H2,1-2H3. The van der Waals surface area contributed by atoms with E-state index in [4.69, 9.17) is 4.74 Å². The average molecular weight is 185 g/mol. The van der Waals surface area contributed by atoms with Gasteiger partial charge in [-0.1, -0.05) is 20.3 Å². The van der Waals surface area contributed by atoms with Crippen molar-refractivity contribution in [1.82, 2.24) is 5.32 Å². The van der Waals surface area contributed by atoms with Crippen molar-refractivity contribution in [2.75, 3.05) is 26.3 Å². The maximum atomic E-state index is 5.63. The summed E-state index contributed by atoms with van der Waals surface area (Å²) in [6, 6.07) is 0. The molecular formula is C11H23NO. The molecule has 1 aliphatic rings. The van der Waals surface area contributed by atoms with Gasteiger partial charge in [-0.25, -0.2) is 0 Å². The third kappa shape index (κ3) is 4.63. The van der Waals surface area contributed by atoms with Crippen molar-refractivity contribution in [2.24, 2.45) is 11.8 Å². The van der Waals surface area contributed by atoms with Crippen molar-refractivity contribution in [1.29, 1.82) is 0 Å². The molecule has 1 rings (SSSR count). The highest BCUT2D eigenvalue weighted by Crippen LogP contribution is 2.09. The van der Waals surface area contributed by atoms with Crippen LogP contribution >= 0.6 is 0 Å². The molecule has 1 atom stereocenters. The topological polar surface area (TPSA) is 21.3 Å². The third-order valence-electron chi connectivity index (χ3n) is 2.72. The number of nitrogens with one attached hydrogen (secondary N) is 1. The molecule has 1 fully saturated rings. The van der Waals surface area contributed by atoms with Crippen LogP contribution in [0.1, 0.15) is 33.1 Å². The van der Waals surface area contributed by atoms with Crippen molar-refractivity contribution >= 4 is 0 Å². The second-order valence-corrected chi connectivity index (χ2v) is 4.28. The second kappa shape index (κ2) is 6.39. The van der Waals surface area contributed by atoms with Crippen molar-refractivity contribution < 1.29 is 4.74 Å². The van der Waals surface area contributed by atoms with Crippen LogP contribution in [0.25, 0.3) is 0 Å². The lowest BCUT2D eigenvalue weighted by Crippen LogP contribution is -2.42. The quantitative estimate of drug-likeness (QED) is 0.613. The van der Waals surface area contributed by atoms with Crippen molar-refractivity contribution in [3.63, 3.8) is 0 Å². The molecule has 0 spiro atoms. The van der Waals surface area contributed by atoms with Crippen LogP contribution in [0.15, 0.2) is 0 Å². The van der Waals surface area contributed by atoms with Gasteiger partial charge in [0.1, 0.15) is 0 Å². The highest BCUT2D eigenvalue weighted by Gasteiger charge is 2.15. The highest BCUT2D eigenvalue weighted by atomic mass is 16.5. The summed E-state index contributed by atoms with van der Waals surface area (Å²) in [7, 11) is 0. The molecule has 1 heterocycles. The molecular weight excluding hydrogens is 162 g/mol. The minimum absolute atomic E-state index is 0.740. The van der Waals surface area contributed by atoms with Gasteiger partial charge in [0, 0.05) is 13.2 Å². The van der Waals surface area contributed by atoms with E-state index in [2.05, 4.69) is 19.2 Å². The van der Waals surface area contributed by atoms with Gasteiger partial charge in [-0.15, -0.1) is 0 Å². The minimum Gasteiger partial charge on any atom is -0.381 e. The first-order valence-corrected chi connectivity index (χ1v) is 5.61. The summed E-state index contributed by atoms with van der Waals surface area (Å²) in [6.45, 7) is 8.82. The van der Waals surface area contributed by atoms with Gasteiger partial charge in [-0.05, 0) is 37.8 Å². The van der Waals surface area contributed by atoms with Crippen molar-refractivity contribution in [3.05, 3.63) is 0 Å². The van der Waals surface area contributed by atoms with Gasteiger partial charge in [0.25, 0.3) is 0 Å². The summed E-state index contributed by atoms with van der Waals surface area (Å²) in [5, 5.41) is 3.28. The van der Waals surface area contributed by atoms with Crippen LogP contribution in [0, 0.1) is 11.8 Å². The fourth-order valence-corrected chi connectivity index (χ4v) is 1.66. The molecule has 2 nitrogen and oxygen atoms in total. The van der Waals surface area contributed by atoms with Gasteiger partial charge < -0.3 is 10.1 Å².